The number of nitrogens with one attached hydrogen (secondary N) is 3. The molecule has 0 aliphatic heterocycles. The average molecular weight is 465 g/mol. The highest BCUT2D eigenvalue weighted by atomic mass is 16.6. The lowest BCUT2D eigenvalue weighted by Crippen LogP contribution is -2.47. The van der Waals surface area contributed by atoms with Crippen molar-refractivity contribution in [3.63, 3.8) is 0 Å². The summed E-state index contributed by atoms with van der Waals surface area (Å²) in [6.45, 7) is 5.94. The van der Waals surface area contributed by atoms with Gasteiger partial charge in [0.1, 0.15) is 12.6 Å². The highest BCUT2D eigenvalue weighted by Gasteiger charge is 2.19. The van der Waals surface area contributed by atoms with Crippen LogP contribution in [0.3, 0.4) is 0 Å². The molecule has 0 aliphatic carbocycles. The van der Waals surface area contributed by atoms with Gasteiger partial charge in [0.25, 0.3) is 0 Å². The van der Waals surface area contributed by atoms with Crippen LogP contribution in [0.2, 0.25) is 0 Å². The van der Waals surface area contributed by atoms with Crippen molar-refractivity contribution < 1.29 is 28.7 Å². The lowest BCUT2D eigenvalue weighted by Gasteiger charge is -2.20. The van der Waals surface area contributed by atoms with E-state index in [-0.39, 0.29) is 37.6 Å². The lowest BCUT2D eigenvalue weighted by atomic mass is 10.1. The van der Waals surface area contributed by atoms with E-state index in [1.807, 2.05) is 30.3 Å². The third-order valence-corrected chi connectivity index (χ3v) is 4.49. The number of hydrogen-bond acceptors (Lipinski definition) is 6. The number of benzene rings is 1. The molecule has 184 valence electrons. The molecule has 0 bridgehead atoms. The molecule has 1 unspecified atom stereocenters. The monoisotopic (exact) mass is 464 g/mol. The van der Waals surface area contributed by atoms with Gasteiger partial charge in [0.15, 0.2) is 0 Å². The normalized spacial score (nSPS) is 11.3. The van der Waals surface area contributed by atoms with Gasteiger partial charge in [-0.15, -0.1) is 0 Å². The zero-order chi connectivity index (χ0) is 24.6. The molecular weight excluding hydrogens is 428 g/mol. The molecular formula is C23H36N4O6. The molecule has 0 aromatic heterocycles. The molecule has 0 radical (unpaired) electrons. The summed E-state index contributed by atoms with van der Waals surface area (Å²) in [6, 6.07) is 8.65. The maximum atomic E-state index is 12.5. The molecule has 1 rings (SSSR count). The number of ether oxygens (including phenoxy) is 2. The maximum Gasteiger partial charge on any atom is 0.409 e. The van der Waals surface area contributed by atoms with Crippen molar-refractivity contribution in [1.29, 1.82) is 0 Å². The van der Waals surface area contributed by atoms with Crippen molar-refractivity contribution in [3.8, 4) is 0 Å². The number of amides is 4. The number of carbonyl (C=O) groups excluding carboxylic acids is 4. The van der Waals surface area contributed by atoms with Gasteiger partial charge in [-0.05, 0) is 38.7 Å². The van der Waals surface area contributed by atoms with Gasteiger partial charge < -0.3 is 30.3 Å². The van der Waals surface area contributed by atoms with Crippen LogP contribution in [0.5, 0.6) is 0 Å². The molecule has 10 nitrogen and oxygen atoms in total. The molecule has 3 N–H and O–H groups in total. The minimum atomic E-state index is -0.694. The number of unbranched alkanes of at least 4 members (excludes halogenated alkanes) is 1. The van der Waals surface area contributed by atoms with Crippen molar-refractivity contribution in [2.24, 2.45) is 0 Å². The van der Waals surface area contributed by atoms with Gasteiger partial charge in [-0.2, -0.15) is 0 Å². The Kier molecular flexibility index (Phi) is 13.0. The fourth-order valence-electron chi connectivity index (χ4n) is 2.82. The van der Waals surface area contributed by atoms with Gasteiger partial charge in [0, 0.05) is 33.6 Å². The van der Waals surface area contributed by atoms with Crippen molar-refractivity contribution in [1.82, 2.24) is 20.9 Å². The van der Waals surface area contributed by atoms with Crippen LogP contribution in [-0.4, -0.2) is 67.7 Å². The lowest BCUT2D eigenvalue weighted by molar-refractivity contribution is -0.128. The Bertz CT molecular complexity index is 757. The van der Waals surface area contributed by atoms with Crippen LogP contribution in [0.1, 0.15) is 45.6 Å². The molecule has 33 heavy (non-hydrogen) atoms. The zero-order valence-electron chi connectivity index (χ0n) is 19.9. The Morgan fingerprint density at radius 1 is 1.00 bits per heavy atom. The molecule has 0 saturated carbocycles. The minimum Gasteiger partial charge on any atom is -0.447 e. The largest absolute Gasteiger partial charge is 0.447 e. The van der Waals surface area contributed by atoms with Crippen LogP contribution in [0.4, 0.5) is 9.59 Å². The van der Waals surface area contributed by atoms with E-state index in [9.17, 15) is 19.2 Å². The third-order valence-electron chi connectivity index (χ3n) is 4.49. The van der Waals surface area contributed by atoms with E-state index < -0.39 is 18.2 Å². The average Bonchev–Trinajstić information content (AvgIpc) is 2.76. The highest BCUT2D eigenvalue weighted by Crippen LogP contribution is 2.03. The Balaban J connectivity index is 2.32. The molecule has 0 heterocycles. The van der Waals surface area contributed by atoms with E-state index in [2.05, 4.69) is 16.0 Å². The molecule has 4 amide bonds. The predicted octanol–water partition coefficient (Wildman–Crippen LogP) is 2.18. The minimum absolute atomic E-state index is 0.172. The summed E-state index contributed by atoms with van der Waals surface area (Å²) in [4.78, 5) is 48.8. The van der Waals surface area contributed by atoms with Crippen molar-refractivity contribution in [2.75, 3.05) is 26.7 Å². The van der Waals surface area contributed by atoms with Gasteiger partial charge in [0.05, 0.1) is 6.10 Å². The van der Waals surface area contributed by atoms with E-state index in [4.69, 9.17) is 9.47 Å². The number of nitrogens with zero attached hydrogens (tertiary/aromatic N) is 1. The summed E-state index contributed by atoms with van der Waals surface area (Å²) < 4.78 is 10.2. The van der Waals surface area contributed by atoms with E-state index in [1.165, 1.54) is 11.8 Å². The smallest absolute Gasteiger partial charge is 0.409 e. The van der Waals surface area contributed by atoms with E-state index in [0.717, 1.165) is 5.56 Å². The Morgan fingerprint density at radius 2 is 1.70 bits per heavy atom. The summed E-state index contributed by atoms with van der Waals surface area (Å²) in [7, 11) is 1.59. The molecule has 1 aromatic carbocycles. The van der Waals surface area contributed by atoms with E-state index in [1.54, 1.807) is 20.9 Å². The van der Waals surface area contributed by atoms with Crippen molar-refractivity contribution in [2.45, 2.75) is 58.8 Å². The number of likely N-dealkylation sites (N-methyl/N-ethyl adjacent to an activating group) is 1. The van der Waals surface area contributed by atoms with Crippen molar-refractivity contribution in [3.05, 3.63) is 35.9 Å². The quantitative estimate of drug-likeness (QED) is 0.384. The van der Waals surface area contributed by atoms with Gasteiger partial charge in [-0.25, -0.2) is 9.59 Å². The first kappa shape index (κ1) is 27.7. The summed E-state index contributed by atoms with van der Waals surface area (Å²) in [5.41, 5.74) is 0.887. The van der Waals surface area contributed by atoms with Crippen LogP contribution < -0.4 is 16.0 Å². The van der Waals surface area contributed by atoms with Crippen LogP contribution in [0, 0.1) is 0 Å². The fraction of sp³-hybridized carbons (Fsp3) is 0.565. The molecule has 1 atom stereocenters. The molecule has 0 fully saturated rings. The summed E-state index contributed by atoms with van der Waals surface area (Å²) in [6.07, 6.45) is 0.505. The standard InChI is InChI=1S/C23H36N4O6/c1-17(2)33-22(30)25-13-9-8-12-20(26-18(3)28)21(29)24-14-15-27(4)23(31)32-16-19-10-6-5-7-11-19/h5-7,10-11,17,20H,8-9,12-16H2,1-4H3,(H,24,29)(H,25,30)(H,26,28). The zero-order valence-corrected chi connectivity index (χ0v) is 19.9. The van der Waals surface area contributed by atoms with Crippen LogP contribution in [0.25, 0.3) is 0 Å². The van der Waals surface area contributed by atoms with Crippen molar-refractivity contribution >= 4 is 24.0 Å². The van der Waals surface area contributed by atoms with E-state index in [0.29, 0.717) is 25.8 Å². The van der Waals surface area contributed by atoms with E-state index >= 15 is 0 Å². The predicted molar refractivity (Wildman–Crippen MR) is 123 cm³/mol. The second-order valence-corrected chi connectivity index (χ2v) is 7.88. The molecule has 0 aliphatic rings. The number of rotatable bonds is 13. The maximum absolute atomic E-state index is 12.5. The first-order chi connectivity index (χ1) is 15.7. The number of alkyl carbamates (subject to hydrolysis) is 1. The van der Waals surface area contributed by atoms with Crippen LogP contribution in [0.15, 0.2) is 30.3 Å². The second-order valence-electron chi connectivity index (χ2n) is 7.88. The van der Waals surface area contributed by atoms with Crippen LogP contribution >= 0.6 is 0 Å². The van der Waals surface area contributed by atoms with Crippen LogP contribution in [-0.2, 0) is 25.7 Å². The van der Waals surface area contributed by atoms with Gasteiger partial charge in [-0.3, -0.25) is 9.59 Å². The first-order valence-corrected chi connectivity index (χ1v) is 11.1. The summed E-state index contributed by atoms with van der Waals surface area (Å²) >= 11 is 0. The fourth-order valence-corrected chi connectivity index (χ4v) is 2.82. The molecule has 10 heteroatoms. The SMILES string of the molecule is CC(=O)NC(CCCCNC(=O)OC(C)C)C(=O)NCCN(C)C(=O)OCc1ccccc1. The summed E-state index contributed by atoms with van der Waals surface area (Å²) in [5, 5.41) is 8.01. The Morgan fingerprint density at radius 3 is 2.33 bits per heavy atom. The number of carbonyl (C=O) groups is 4. The molecule has 0 saturated heterocycles. The Labute approximate surface area is 195 Å². The summed E-state index contributed by atoms with van der Waals surface area (Å²) in [5.74, 6) is -0.640. The van der Waals surface area contributed by atoms with Gasteiger partial charge >= 0.3 is 12.2 Å². The topological polar surface area (TPSA) is 126 Å². The first-order valence-electron chi connectivity index (χ1n) is 11.1. The third kappa shape index (κ3) is 13.0. The highest BCUT2D eigenvalue weighted by molar-refractivity contribution is 5.86. The van der Waals surface area contributed by atoms with Gasteiger partial charge in [0.2, 0.25) is 11.8 Å². The number of hydrogen-bond donors (Lipinski definition) is 3. The Hall–Kier alpha value is -3.30. The van der Waals surface area contributed by atoms with Gasteiger partial charge in [-0.1, -0.05) is 30.3 Å². The molecule has 0 spiro atoms. The second kappa shape index (κ2) is 15.5. The molecule has 1 aromatic rings.